The number of nitro groups is 1. The molecule has 0 radical (unpaired) electrons. The summed E-state index contributed by atoms with van der Waals surface area (Å²) in [5, 5.41) is 25.6. The monoisotopic (exact) mass is 524 g/mol. The first kappa shape index (κ1) is 25.6. The molecule has 198 valence electrons. The zero-order valence-electron chi connectivity index (χ0n) is 21.2. The number of aromatic hydroxyl groups is 1. The molecule has 3 aromatic carbocycles. The molecule has 0 saturated carbocycles. The van der Waals surface area contributed by atoms with Crippen molar-refractivity contribution in [3.05, 3.63) is 94.5 Å². The summed E-state index contributed by atoms with van der Waals surface area (Å²) in [5.41, 5.74) is 4.39. The molecule has 1 saturated heterocycles. The van der Waals surface area contributed by atoms with Gasteiger partial charge in [-0.05, 0) is 43.2 Å². The summed E-state index contributed by atoms with van der Waals surface area (Å²) < 4.78 is 0. The third-order valence-electron chi connectivity index (χ3n) is 6.34. The molecular formula is C28H28N8O3. The fourth-order valence-electron chi connectivity index (χ4n) is 4.41. The predicted molar refractivity (Wildman–Crippen MR) is 151 cm³/mol. The van der Waals surface area contributed by atoms with Gasteiger partial charge in [-0.25, -0.2) is 5.43 Å². The Hall–Kier alpha value is -5.06. The van der Waals surface area contributed by atoms with E-state index in [-0.39, 0.29) is 11.5 Å². The predicted octanol–water partition coefficient (Wildman–Crippen LogP) is 5.78. The molecule has 0 spiro atoms. The fraction of sp³-hybridized carbons (Fsp3) is 0.214. The van der Waals surface area contributed by atoms with E-state index in [1.54, 1.807) is 0 Å². The summed E-state index contributed by atoms with van der Waals surface area (Å²) >= 11 is 0. The average molecular weight is 525 g/mol. The van der Waals surface area contributed by atoms with Crippen molar-refractivity contribution in [3.8, 4) is 5.75 Å². The van der Waals surface area contributed by atoms with Crippen LogP contribution in [0, 0.1) is 10.1 Å². The number of rotatable bonds is 8. The second kappa shape index (κ2) is 12.0. The number of benzene rings is 3. The average Bonchev–Trinajstić information content (AvgIpc) is 3.25. The molecule has 1 aromatic heterocycles. The van der Waals surface area contributed by atoms with Crippen LogP contribution in [-0.4, -0.2) is 44.3 Å². The van der Waals surface area contributed by atoms with Crippen LogP contribution in [0.4, 0.5) is 34.9 Å². The van der Waals surface area contributed by atoms with E-state index in [0.717, 1.165) is 50.1 Å². The first-order valence-corrected chi connectivity index (χ1v) is 12.8. The van der Waals surface area contributed by atoms with Crippen LogP contribution in [0.2, 0.25) is 0 Å². The van der Waals surface area contributed by atoms with Crippen molar-refractivity contribution in [2.75, 3.05) is 28.3 Å². The van der Waals surface area contributed by atoms with Crippen LogP contribution in [0.3, 0.4) is 0 Å². The van der Waals surface area contributed by atoms with E-state index < -0.39 is 16.4 Å². The summed E-state index contributed by atoms with van der Waals surface area (Å²) in [6.45, 7) is 1.68. The van der Waals surface area contributed by atoms with Gasteiger partial charge < -0.3 is 10.0 Å². The number of aromatic nitrogens is 3. The quantitative estimate of drug-likeness (QED) is 0.167. The minimum absolute atomic E-state index is 0.189. The zero-order chi connectivity index (χ0) is 27.0. The number of hydrogen-bond acceptors (Lipinski definition) is 10. The molecule has 2 N–H and O–H groups in total. The van der Waals surface area contributed by atoms with Crippen molar-refractivity contribution in [2.24, 2.45) is 5.10 Å². The van der Waals surface area contributed by atoms with Crippen LogP contribution in [0.5, 0.6) is 5.75 Å². The van der Waals surface area contributed by atoms with Gasteiger partial charge in [-0.15, -0.1) is 0 Å². The van der Waals surface area contributed by atoms with Gasteiger partial charge in [-0.2, -0.15) is 20.1 Å². The Morgan fingerprint density at radius 1 is 0.872 bits per heavy atom. The van der Waals surface area contributed by atoms with E-state index in [4.69, 9.17) is 4.98 Å². The van der Waals surface area contributed by atoms with Crippen LogP contribution >= 0.6 is 0 Å². The van der Waals surface area contributed by atoms with Crippen molar-refractivity contribution in [1.82, 2.24) is 15.0 Å². The maximum Gasteiger partial charge on any atom is 0.311 e. The second-order valence-electron chi connectivity index (χ2n) is 9.01. The minimum Gasteiger partial charge on any atom is -0.502 e. The molecule has 1 aliphatic rings. The molecule has 0 atom stereocenters. The highest BCUT2D eigenvalue weighted by Gasteiger charge is 2.21. The van der Waals surface area contributed by atoms with Gasteiger partial charge in [0.15, 0.2) is 0 Å². The number of phenols is 1. The van der Waals surface area contributed by atoms with E-state index in [0.29, 0.717) is 11.9 Å². The highest BCUT2D eigenvalue weighted by molar-refractivity contribution is 5.86. The first-order valence-electron chi connectivity index (χ1n) is 12.8. The van der Waals surface area contributed by atoms with E-state index in [1.807, 2.05) is 65.6 Å². The fourth-order valence-corrected chi connectivity index (χ4v) is 4.41. The van der Waals surface area contributed by atoms with Gasteiger partial charge in [0.1, 0.15) is 0 Å². The van der Waals surface area contributed by atoms with Crippen molar-refractivity contribution in [2.45, 2.75) is 25.7 Å². The number of para-hydroxylation sites is 3. The summed E-state index contributed by atoms with van der Waals surface area (Å²) in [6.07, 6.45) is 5.72. The van der Waals surface area contributed by atoms with Crippen LogP contribution in [0.25, 0.3) is 0 Å². The van der Waals surface area contributed by atoms with Gasteiger partial charge >= 0.3 is 5.69 Å². The standard InChI is InChI=1S/C28H28N8O3/c37-25-21(12-11-17-24(25)36(38)39)20-29-33-26-30-27(34-18-9-1-2-10-19-34)32-28(31-26)35(22-13-5-3-6-14-22)23-15-7-4-8-16-23/h3-8,11-17,20,37H,1-2,9-10,18-19H2,(H,30,31,32,33)/b29-20+. The van der Waals surface area contributed by atoms with Crippen molar-refractivity contribution in [1.29, 1.82) is 0 Å². The number of nitrogens with zero attached hydrogens (tertiary/aromatic N) is 7. The van der Waals surface area contributed by atoms with Gasteiger partial charge in [0.05, 0.1) is 11.1 Å². The Kier molecular flexibility index (Phi) is 7.87. The van der Waals surface area contributed by atoms with E-state index in [1.165, 1.54) is 24.4 Å². The molecule has 1 fully saturated rings. The second-order valence-corrected chi connectivity index (χ2v) is 9.01. The Bertz CT molecular complexity index is 1400. The number of hydrogen-bond donors (Lipinski definition) is 2. The third-order valence-corrected chi connectivity index (χ3v) is 6.34. The normalized spacial score (nSPS) is 13.7. The Labute approximate surface area is 225 Å². The third kappa shape index (κ3) is 6.09. The zero-order valence-corrected chi connectivity index (χ0v) is 21.2. The molecule has 5 rings (SSSR count). The van der Waals surface area contributed by atoms with Gasteiger partial charge in [0.2, 0.25) is 23.6 Å². The van der Waals surface area contributed by atoms with Crippen LogP contribution < -0.4 is 15.2 Å². The maximum absolute atomic E-state index is 11.2. The molecule has 4 aromatic rings. The summed E-state index contributed by atoms with van der Waals surface area (Å²) in [7, 11) is 0. The minimum atomic E-state index is -0.645. The van der Waals surface area contributed by atoms with E-state index in [9.17, 15) is 15.2 Å². The number of nitrogens with one attached hydrogen (secondary N) is 1. The smallest absolute Gasteiger partial charge is 0.311 e. The van der Waals surface area contributed by atoms with Crippen LogP contribution in [0.15, 0.2) is 84.0 Å². The van der Waals surface area contributed by atoms with Crippen molar-refractivity contribution >= 4 is 41.1 Å². The highest BCUT2D eigenvalue weighted by Crippen LogP contribution is 2.33. The lowest BCUT2D eigenvalue weighted by atomic mass is 10.2. The molecular weight excluding hydrogens is 496 g/mol. The maximum atomic E-state index is 11.2. The lowest BCUT2D eigenvalue weighted by Gasteiger charge is -2.26. The van der Waals surface area contributed by atoms with Gasteiger partial charge in [-0.3, -0.25) is 15.0 Å². The molecule has 0 unspecified atom stereocenters. The molecule has 2 heterocycles. The summed E-state index contributed by atoms with van der Waals surface area (Å²) in [5.74, 6) is 0.693. The molecule has 11 heteroatoms. The van der Waals surface area contributed by atoms with E-state index in [2.05, 4.69) is 25.4 Å². The number of nitro benzene ring substituents is 1. The highest BCUT2D eigenvalue weighted by atomic mass is 16.6. The Balaban J connectivity index is 1.54. The lowest BCUT2D eigenvalue weighted by molar-refractivity contribution is -0.385. The van der Waals surface area contributed by atoms with Gasteiger partial charge in [-0.1, -0.05) is 55.3 Å². The lowest BCUT2D eigenvalue weighted by Crippen LogP contribution is -2.27. The van der Waals surface area contributed by atoms with E-state index >= 15 is 0 Å². The number of hydrazone groups is 1. The largest absolute Gasteiger partial charge is 0.502 e. The van der Waals surface area contributed by atoms with Crippen molar-refractivity contribution in [3.63, 3.8) is 0 Å². The van der Waals surface area contributed by atoms with Crippen LogP contribution in [0.1, 0.15) is 31.2 Å². The summed E-state index contributed by atoms with van der Waals surface area (Å²) in [4.78, 5) is 28.9. The number of anilines is 5. The summed E-state index contributed by atoms with van der Waals surface area (Å²) in [6, 6.07) is 23.9. The molecule has 1 aliphatic heterocycles. The van der Waals surface area contributed by atoms with Gasteiger partial charge in [0.25, 0.3) is 0 Å². The molecule has 39 heavy (non-hydrogen) atoms. The molecule has 0 bridgehead atoms. The van der Waals surface area contributed by atoms with Gasteiger partial charge in [0, 0.05) is 36.1 Å². The SMILES string of the molecule is O=[N+]([O-])c1cccc(/C=N/Nc2nc(N3CCCCCC3)nc(N(c3ccccc3)c3ccccc3)n2)c1O. The number of phenolic OH excluding ortho intramolecular Hbond substituents is 1. The van der Waals surface area contributed by atoms with Crippen LogP contribution in [-0.2, 0) is 0 Å². The first-order chi connectivity index (χ1) is 19.1. The van der Waals surface area contributed by atoms with Crippen molar-refractivity contribution < 1.29 is 10.0 Å². The molecule has 0 aliphatic carbocycles. The topological polar surface area (TPSA) is 133 Å². The molecule has 11 nitrogen and oxygen atoms in total. The molecule has 0 amide bonds. The Morgan fingerprint density at radius 2 is 1.51 bits per heavy atom. The Morgan fingerprint density at radius 3 is 2.13 bits per heavy atom.